The maximum absolute atomic E-state index is 11.8. The lowest BCUT2D eigenvalue weighted by Crippen LogP contribution is -2.14. The van der Waals surface area contributed by atoms with Crippen LogP contribution in [0.2, 0.25) is 4.34 Å². The Morgan fingerprint density at radius 1 is 1.57 bits per heavy atom. The van der Waals surface area contributed by atoms with E-state index in [9.17, 15) is 18.0 Å². The Bertz CT molecular complexity index is 336. The maximum Gasteiger partial charge on any atom is 0.396 e. The van der Waals surface area contributed by atoms with Crippen molar-refractivity contribution in [3.8, 4) is 0 Å². The zero-order valence-electron chi connectivity index (χ0n) is 7.11. The number of Topliss-reactive ketones (excluding diaryl/α,β-unsaturated/α-hetero) is 1. The summed E-state index contributed by atoms with van der Waals surface area (Å²) >= 11 is 6.51. The van der Waals surface area contributed by atoms with Gasteiger partial charge in [0.15, 0.2) is 5.78 Å². The molecule has 0 saturated heterocycles. The SMILES string of the molecule is Cc1cc(C(=O)CC(F)(F)F)sc1Cl. The van der Waals surface area contributed by atoms with Crippen molar-refractivity contribution in [2.24, 2.45) is 0 Å². The van der Waals surface area contributed by atoms with Gasteiger partial charge < -0.3 is 0 Å². The molecule has 78 valence electrons. The van der Waals surface area contributed by atoms with Gasteiger partial charge in [0.25, 0.3) is 0 Å². The summed E-state index contributed by atoms with van der Waals surface area (Å²) in [6.07, 6.45) is -5.88. The Morgan fingerprint density at radius 2 is 2.14 bits per heavy atom. The van der Waals surface area contributed by atoms with Crippen LogP contribution in [0.15, 0.2) is 6.07 Å². The Morgan fingerprint density at radius 3 is 2.50 bits per heavy atom. The summed E-state index contributed by atoms with van der Waals surface area (Å²) in [5, 5.41) is 0. The average molecular weight is 243 g/mol. The lowest BCUT2D eigenvalue weighted by Gasteiger charge is -2.02. The number of hydrogen-bond donors (Lipinski definition) is 0. The molecular weight excluding hydrogens is 237 g/mol. The van der Waals surface area contributed by atoms with E-state index in [4.69, 9.17) is 11.6 Å². The minimum absolute atomic E-state index is 0.0600. The second-order valence-electron chi connectivity index (χ2n) is 2.78. The molecule has 0 aliphatic carbocycles. The summed E-state index contributed by atoms with van der Waals surface area (Å²) in [7, 11) is 0. The van der Waals surface area contributed by atoms with Crippen molar-refractivity contribution >= 4 is 28.7 Å². The molecule has 0 unspecified atom stereocenters. The lowest BCUT2D eigenvalue weighted by molar-refractivity contribution is -0.125. The van der Waals surface area contributed by atoms with Crippen LogP contribution in [0, 0.1) is 6.92 Å². The van der Waals surface area contributed by atoms with Crippen LogP contribution in [-0.2, 0) is 0 Å². The second-order valence-corrected chi connectivity index (χ2v) is 4.44. The molecule has 0 saturated carbocycles. The first-order valence-electron chi connectivity index (χ1n) is 3.65. The predicted octanol–water partition coefficient (Wildman–Crippen LogP) is 3.85. The van der Waals surface area contributed by atoms with Gasteiger partial charge in [0.1, 0.15) is 6.42 Å². The third-order valence-electron chi connectivity index (χ3n) is 1.49. The zero-order chi connectivity index (χ0) is 10.9. The van der Waals surface area contributed by atoms with Gasteiger partial charge in [0.05, 0.1) is 9.21 Å². The van der Waals surface area contributed by atoms with Crippen LogP contribution >= 0.6 is 22.9 Å². The van der Waals surface area contributed by atoms with Crippen molar-refractivity contribution in [1.82, 2.24) is 0 Å². The molecule has 1 rings (SSSR count). The zero-order valence-corrected chi connectivity index (χ0v) is 8.69. The molecule has 6 heteroatoms. The van der Waals surface area contributed by atoms with Crippen LogP contribution in [0.3, 0.4) is 0 Å². The standard InChI is InChI=1S/C8H6ClF3OS/c1-4-2-6(14-7(4)9)5(13)3-8(10,11)12/h2H,3H2,1H3. The largest absolute Gasteiger partial charge is 0.396 e. The highest BCUT2D eigenvalue weighted by Crippen LogP contribution is 2.30. The van der Waals surface area contributed by atoms with Gasteiger partial charge in [-0.1, -0.05) is 11.6 Å². The molecule has 0 amide bonds. The summed E-state index contributed by atoms with van der Waals surface area (Å²) in [5.74, 6) is -0.933. The highest BCUT2D eigenvalue weighted by atomic mass is 35.5. The number of alkyl halides is 3. The quantitative estimate of drug-likeness (QED) is 0.720. The van der Waals surface area contributed by atoms with Gasteiger partial charge in [0, 0.05) is 0 Å². The predicted molar refractivity (Wildman–Crippen MR) is 49.1 cm³/mol. The summed E-state index contributed by atoms with van der Waals surface area (Å²) in [6, 6.07) is 1.38. The van der Waals surface area contributed by atoms with Gasteiger partial charge in [-0.2, -0.15) is 13.2 Å². The fourth-order valence-corrected chi connectivity index (χ4v) is 2.01. The average Bonchev–Trinajstić information content (AvgIpc) is 2.28. The van der Waals surface area contributed by atoms with E-state index in [-0.39, 0.29) is 4.88 Å². The maximum atomic E-state index is 11.8. The minimum atomic E-state index is -4.46. The Labute approximate surface area is 87.5 Å². The monoisotopic (exact) mass is 242 g/mol. The fourth-order valence-electron chi connectivity index (χ4n) is 0.866. The minimum Gasteiger partial charge on any atom is -0.293 e. The molecule has 0 N–H and O–H groups in total. The van der Waals surface area contributed by atoms with Gasteiger partial charge in [-0.25, -0.2) is 0 Å². The normalized spacial score (nSPS) is 11.8. The number of rotatable bonds is 2. The van der Waals surface area contributed by atoms with Gasteiger partial charge in [-0.05, 0) is 18.6 Å². The molecule has 0 bridgehead atoms. The number of hydrogen-bond acceptors (Lipinski definition) is 2. The number of carbonyl (C=O) groups is 1. The topological polar surface area (TPSA) is 17.1 Å². The van der Waals surface area contributed by atoms with Crippen LogP contribution in [0.1, 0.15) is 21.7 Å². The third kappa shape index (κ3) is 2.99. The molecule has 0 spiro atoms. The smallest absolute Gasteiger partial charge is 0.293 e. The third-order valence-corrected chi connectivity index (χ3v) is 3.09. The summed E-state index contributed by atoms with van der Waals surface area (Å²) in [5.41, 5.74) is 0.627. The first-order valence-corrected chi connectivity index (χ1v) is 4.85. The van der Waals surface area contributed by atoms with Crippen molar-refractivity contribution < 1.29 is 18.0 Å². The molecular formula is C8H6ClF3OS. The first-order chi connectivity index (χ1) is 6.29. The molecule has 0 atom stereocenters. The molecule has 14 heavy (non-hydrogen) atoms. The van der Waals surface area contributed by atoms with Crippen LogP contribution in [0.25, 0.3) is 0 Å². The summed E-state index contributed by atoms with van der Waals surface area (Å²) in [6.45, 7) is 1.64. The molecule has 1 nitrogen and oxygen atoms in total. The fraction of sp³-hybridized carbons (Fsp3) is 0.375. The van der Waals surface area contributed by atoms with E-state index in [0.717, 1.165) is 11.3 Å². The van der Waals surface area contributed by atoms with E-state index >= 15 is 0 Å². The highest BCUT2D eigenvalue weighted by molar-refractivity contribution is 7.18. The second kappa shape index (κ2) is 3.90. The Kier molecular flexibility index (Phi) is 3.21. The Balaban J connectivity index is 2.80. The number of aryl methyl sites for hydroxylation is 1. The van der Waals surface area contributed by atoms with Crippen LogP contribution in [0.5, 0.6) is 0 Å². The van der Waals surface area contributed by atoms with E-state index in [1.807, 2.05) is 0 Å². The Hall–Kier alpha value is -0.550. The molecule has 0 aliphatic rings. The number of carbonyl (C=O) groups excluding carboxylic acids is 1. The summed E-state index contributed by atoms with van der Waals surface area (Å²) in [4.78, 5) is 11.1. The van der Waals surface area contributed by atoms with E-state index in [2.05, 4.69) is 0 Å². The van der Waals surface area contributed by atoms with Crippen molar-refractivity contribution in [1.29, 1.82) is 0 Å². The van der Waals surface area contributed by atoms with Crippen LogP contribution in [-0.4, -0.2) is 12.0 Å². The van der Waals surface area contributed by atoms with Crippen LogP contribution < -0.4 is 0 Å². The van der Waals surface area contributed by atoms with Gasteiger partial charge >= 0.3 is 6.18 Å². The van der Waals surface area contributed by atoms with E-state index in [0.29, 0.717) is 9.90 Å². The molecule has 0 aliphatic heterocycles. The van der Waals surface area contributed by atoms with E-state index in [1.54, 1.807) is 6.92 Å². The lowest BCUT2D eigenvalue weighted by atomic mass is 10.2. The van der Waals surface area contributed by atoms with E-state index < -0.39 is 18.4 Å². The molecule has 1 aromatic heterocycles. The molecule has 0 aromatic carbocycles. The molecule has 0 radical (unpaired) electrons. The van der Waals surface area contributed by atoms with E-state index in [1.165, 1.54) is 6.07 Å². The van der Waals surface area contributed by atoms with Gasteiger partial charge in [-0.3, -0.25) is 4.79 Å². The van der Waals surface area contributed by atoms with Gasteiger partial charge in [0.2, 0.25) is 0 Å². The van der Waals surface area contributed by atoms with Crippen LogP contribution in [0.4, 0.5) is 13.2 Å². The molecule has 1 aromatic rings. The number of ketones is 1. The summed E-state index contributed by atoms with van der Waals surface area (Å²) < 4.78 is 35.9. The first kappa shape index (κ1) is 11.5. The molecule has 0 fully saturated rings. The van der Waals surface area contributed by atoms with Crippen molar-refractivity contribution in [2.75, 3.05) is 0 Å². The van der Waals surface area contributed by atoms with Crippen molar-refractivity contribution in [3.63, 3.8) is 0 Å². The highest BCUT2D eigenvalue weighted by Gasteiger charge is 2.32. The number of halogens is 4. The van der Waals surface area contributed by atoms with Crippen molar-refractivity contribution in [3.05, 3.63) is 20.8 Å². The van der Waals surface area contributed by atoms with Gasteiger partial charge in [-0.15, -0.1) is 11.3 Å². The molecule has 1 heterocycles. The number of thiophene rings is 1. The van der Waals surface area contributed by atoms with Crippen molar-refractivity contribution in [2.45, 2.75) is 19.5 Å².